The summed E-state index contributed by atoms with van der Waals surface area (Å²) in [6.45, 7) is 0.181. The lowest BCUT2D eigenvalue weighted by atomic mass is 10.3. The van der Waals surface area contributed by atoms with E-state index in [0.29, 0.717) is 6.04 Å². The third kappa shape index (κ3) is 3.84. The number of carboxylic acid groups (broad SMARTS) is 1. The maximum absolute atomic E-state index is 11.6. The number of amides is 2. The van der Waals surface area contributed by atoms with Crippen LogP contribution in [0.1, 0.15) is 40.4 Å². The van der Waals surface area contributed by atoms with Crippen LogP contribution in [0.2, 0.25) is 0 Å². The zero-order chi connectivity index (χ0) is 13.8. The molecule has 7 nitrogen and oxygen atoms in total. The van der Waals surface area contributed by atoms with Crippen LogP contribution >= 0.6 is 0 Å². The fraction of sp³-hybridized carbons (Fsp3) is 0.417. The highest BCUT2D eigenvalue weighted by atomic mass is 16.4. The van der Waals surface area contributed by atoms with Crippen LogP contribution in [0.5, 0.6) is 0 Å². The maximum Gasteiger partial charge on any atom is 0.371 e. The molecule has 0 unspecified atom stereocenters. The Morgan fingerprint density at radius 1 is 1.26 bits per heavy atom. The van der Waals surface area contributed by atoms with Gasteiger partial charge in [0.15, 0.2) is 5.76 Å². The molecule has 1 fully saturated rings. The Morgan fingerprint density at radius 2 is 1.95 bits per heavy atom. The van der Waals surface area contributed by atoms with E-state index in [1.54, 1.807) is 0 Å². The molecule has 0 radical (unpaired) electrons. The number of hydrogen-bond donors (Lipinski definition) is 3. The number of furan rings is 1. The van der Waals surface area contributed by atoms with Crippen LogP contribution in [-0.4, -0.2) is 35.5 Å². The Balaban J connectivity index is 1.73. The number of carbonyl (C=O) groups excluding carboxylic acids is 2. The third-order valence-electron chi connectivity index (χ3n) is 2.62. The van der Waals surface area contributed by atoms with Crippen LogP contribution in [0.25, 0.3) is 0 Å². The van der Waals surface area contributed by atoms with Gasteiger partial charge >= 0.3 is 5.97 Å². The highest BCUT2D eigenvalue weighted by Crippen LogP contribution is 2.18. The molecule has 1 aromatic heterocycles. The zero-order valence-corrected chi connectivity index (χ0v) is 10.1. The van der Waals surface area contributed by atoms with Gasteiger partial charge in [-0.3, -0.25) is 9.59 Å². The molecule has 102 valence electrons. The molecule has 0 bridgehead atoms. The summed E-state index contributed by atoms with van der Waals surface area (Å²) in [5.74, 6) is -2.25. The molecule has 1 saturated carbocycles. The van der Waals surface area contributed by atoms with E-state index >= 15 is 0 Å². The van der Waals surface area contributed by atoms with E-state index in [9.17, 15) is 14.4 Å². The van der Waals surface area contributed by atoms with Gasteiger partial charge in [0.05, 0.1) is 0 Å². The summed E-state index contributed by atoms with van der Waals surface area (Å²) in [4.78, 5) is 33.5. The van der Waals surface area contributed by atoms with E-state index in [-0.39, 0.29) is 30.4 Å². The number of rotatable bonds is 6. The van der Waals surface area contributed by atoms with Crippen LogP contribution in [0.15, 0.2) is 16.5 Å². The second-order valence-corrected chi connectivity index (χ2v) is 4.32. The summed E-state index contributed by atoms with van der Waals surface area (Å²) in [6, 6.07) is 2.78. The Hall–Kier alpha value is -2.31. The van der Waals surface area contributed by atoms with Crippen LogP contribution in [-0.2, 0) is 4.79 Å². The van der Waals surface area contributed by atoms with E-state index < -0.39 is 11.9 Å². The average molecular weight is 266 g/mol. The van der Waals surface area contributed by atoms with Crippen molar-refractivity contribution in [2.45, 2.75) is 25.3 Å². The zero-order valence-electron chi connectivity index (χ0n) is 10.1. The normalized spacial score (nSPS) is 13.9. The van der Waals surface area contributed by atoms with E-state index in [1.165, 1.54) is 12.1 Å². The van der Waals surface area contributed by atoms with Crippen LogP contribution in [0, 0.1) is 0 Å². The van der Waals surface area contributed by atoms with Crippen molar-refractivity contribution in [1.29, 1.82) is 0 Å². The molecule has 1 heterocycles. The first-order valence-electron chi connectivity index (χ1n) is 5.97. The molecule has 1 aromatic rings. The molecule has 0 atom stereocenters. The van der Waals surface area contributed by atoms with Crippen molar-refractivity contribution in [3.8, 4) is 0 Å². The predicted molar refractivity (Wildman–Crippen MR) is 63.8 cm³/mol. The maximum atomic E-state index is 11.6. The molecule has 2 rings (SSSR count). The smallest absolute Gasteiger partial charge is 0.371 e. The van der Waals surface area contributed by atoms with Crippen LogP contribution in [0.3, 0.4) is 0 Å². The van der Waals surface area contributed by atoms with Gasteiger partial charge in [0.1, 0.15) is 0 Å². The molecular formula is C12H14N2O5. The molecule has 0 spiro atoms. The van der Waals surface area contributed by atoms with Crippen molar-refractivity contribution in [2.24, 2.45) is 0 Å². The fourth-order valence-corrected chi connectivity index (χ4v) is 1.48. The summed E-state index contributed by atoms with van der Waals surface area (Å²) in [5.41, 5.74) is 0. The van der Waals surface area contributed by atoms with Crippen LogP contribution in [0.4, 0.5) is 0 Å². The Labute approximate surface area is 109 Å². The van der Waals surface area contributed by atoms with Crippen molar-refractivity contribution >= 4 is 17.8 Å². The first-order valence-corrected chi connectivity index (χ1v) is 5.97. The average Bonchev–Trinajstić information content (AvgIpc) is 3.01. The molecule has 3 N–H and O–H groups in total. The number of hydrogen-bond acceptors (Lipinski definition) is 4. The first kappa shape index (κ1) is 13.1. The Kier molecular flexibility index (Phi) is 3.84. The molecule has 7 heteroatoms. The number of carbonyl (C=O) groups is 3. The summed E-state index contributed by atoms with van der Waals surface area (Å²) < 4.78 is 4.83. The van der Waals surface area contributed by atoms with Crippen molar-refractivity contribution in [3.05, 3.63) is 23.7 Å². The molecule has 0 saturated heterocycles. The van der Waals surface area contributed by atoms with E-state index in [4.69, 9.17) is 9.52 Å². The molecule has 19 heavy (non-hydrogen) atoms. The van der Waals surface area contributed by atoms with Gasteiger partial charge < -0.3 is 20.2 Å². The van der Waals surface area contributed by atoms with Gasteiger partial charge in [-0.05, 0) is 25.0 Å². The molecule has 1 aliphatic rings. The minimum Gasteiger partial charge on any atom is -0.475 e. The van der Waals surface area contributed by atoms with Gasteiger partial charge in [0.2, 0.25) is 11.7 Å². The third-order valence-corrected chi connectivity index (χ3v) is 2.62. The molecular weight excluding hydrogens is 252 g/mol. The van der Waals surface area contributed by atoms with E-state index in [0.717, 1.165) is 12.8 Å². The number of nitrogens with one attached hydrogen (secondary N) is 2. The summed E-state index contributed by atoms with van der Waals surface area (Å²) in [5, 5.41) is 13.9. The minimum atomic E-state index is -1.23. The highest BCUT2D eigenvalue weighted by molar-refractivity contribution is 5.93. The van der Waals surface area contributed by atoms with E-state index in [2.05, 4.69) is 10.6 Å². The van der Waals surface area contributed by atoms with Crippen molar-refractivity contribution in [1.82, 2.24) is 10.6 Å². The standard InChI is InChI=1S/C12H14N2O5/c15-10(14-7-1-2-7)5-6-13-11(16)8-3-4-9(19-8)12(17)18/h3-4,7H,1-2,5-6H2,(H,13,16)(H,14,15)(H,17,18). The van der Waals surface area contributed by atoms with Gasteiger partial charge in [-0.1, -0.05) is 0 Å². The van der Waals surface area contributed by atoms with Gasteiger partial charge in [0, 0.05) is 19.0 Å². The van der Waals surface area contributed by atoms with Gasteiger partial charge in [0.25, 0.3) is 5.91 Å². The van der Waals surface area contributed by atoms with Crippen molar-refractivity contribution in [2.75, 3.05) is 6.54 Å². The van der Waals surface area contributed by atoms with E-state index in [1.807, 2.05) is 0 Å². The lowest BCUT2D eigenvalue weighted by Gasteiger charge is -2.04. The minimum absolute atomic E-state index is 0.0833. The molecule has 1 aliphatic carbocycles. The SMILES string of the molecule is O=C(CCNC(=O)c1ccc(C(=O)O)o1)NC1CC1. The highest BCUT2D eigenvalue weighted by Gasteiger charge is 2.23. The van der Waals surface area contributed by atoms with Gasteiger partial charge in [-0.15, -0.1) is 0 Å². The second kappa shape index (κ2) is 5.55. The van der Waals surface area contributed by atoms with Crippen LogP contribution < -0.4 is 10.6 Å². The first-order chi connectivity index (χ1) is 9.06. The lowest BCUT2D eigenvalue weighted by Crippen LogP contribution is -2.31. The van der Waals surface area contributed by atoms with Gasteiger partial charge in [-0.25, -0.2) is 4.79 Å². The largest absolute Gasteiger partial charge is 0.475 e. The topological polar surface area (TPSA) is 109 Å². The quantitative estimate of drug-likeness (QED) is 0.689. The predicted octanol–water partition coefficient (Wildman–Crippen LogP) is 0.376. The fourth-order valence-electron chi connectivity index (χ4n) is 1.48. The Morgan fingerprint density at radius 3 is 2.53 bits per heavy atom. The summed E-state index contributed by atoms with van der Waals surface area (Å²) in [7, 11) is 0. The summed E-state index contributed by atoms with van der Waals surface area (Å²) in [6.07, 6.45) is 2.22. The second-order valence-electron chi connectivity index (χ2n) is 4.32. The Bertz CT molecular complexity index is 504. The number of aromatic carboxylic acids is 1. The number of carboxylic acids is 1. The lowest BCUT2D eigenvalue weighted by molar-refractivity contribution is -0.121. The van der Waals surface area contributed by atoms with Gasteiger partial charge in [-0.2, -0.15) is 0 Å². The van der Waals surface area contributed by atoms with Crippen molar-refractivity contribution in [3.63, 3.8) is 0 Å². The molecule has 0 aliphatic heterocycles. The molecule has 0 aromatic carbocycles. The molecule has 2 amide bonds. The van der Waals surface area contributed by atoms with Crippen molar-refractivity contribution < 1.29 is 23.9 Å². The monoisotopic (exact) mass is 266 g/mol. The summed E-state index contributed by atoms with van der Waals surface area (Å²) >= 11 is 0.